The van der Waals surface area contributed by atoms with Gasteiger partial charge in [-0.2, -0.15) is 5.21 Å². The fraction of sp³-hybridized carbons (Fsp3) is 0.467. The summed E-state index contributed by atoms with van der Waals surface area (Å²) < 4.78 is 5.83. The van der Waals surface area contributed by atoms with Crippen molar-refractivity contribution in [1.82, 2.24) is 25.5 Å². The van der Waals surface area contributed by atoms with E-state index in [0.717, 1.165) is 11.3 Å². The van der Waals surface area contributed by atoms with E-state index in [0.29, 0.717) is 12.4 Å². The van der Waals surface area contributed by atoms with Crippen LogP contribution in [0, 0.1) is 0 Å². The second-order valence-electron chi connectivity index (χ2n) is 5.75. The quantitative estimate of drug-likeness (QED) is 0.921. The minimum absolute atomic E-state index is 0.00628. The molecule has 1 aromatic carbocycles. The number of tetrazole rings is 1. The van der Waals surface area contributed by atoms with Gasteiger partial charge in [0.05, 0.1) is 0 Å². The van der Waals surface area contributed by atoms with Crippen LogP contribution in [-0.4, -0.2) is 51.1 Å². The standard InChI is InChI=1S/C15H19N5O2/c1-9(14-16-18-19-17-14)8-20(3)15(21)13-10(2)11-6-4-5-7-12(11)22-13/h4-7,9-10,13H,8H2,1-3H3,(H,16,17,18,19)/t9-,10-,13+/m1/s1. The zero-order valence-electron chi connectivity index (χ0n) is 12.9. The van der Waals surface area contributed by atoms with Crippen molar-refractivity contribution < 1.29 is 9.53 Å². The molecule has 0 aliphatic carbocycles. The van der Waals surface area contributed by atoms with Gasteiger partial charge in [0, 0.05) is 31.0 Å². The van der Waals surface area contributed by atoms with E-state index in [4.69, 9.17) is 4.74 Å². The van der Waals surface area contributed by atoms with Gasteiger partial charge in [-0.25, -0.2) is 0 Å². The van der Waals surface area contributed by atoms with Gasteiger partial charge in [0.15, 0.2) is 11.9 Å². The smallest absolute Gasteiger partial charge is 0.264 e. The zero-order chi connectivity index (χ0) is 15.7. The van der Waals surface area contributed by atoms with Crippen molar-refractivity contribution in [2.75, 3.05) is 13.6 Å². The Hall–Kier alpha value is -2.44. The number of aromatic amines is 1. The fourth-order valence-corrected chi connectivity index (χ4v) is 2.81. The molecule has 3 rings (SSSR count). The third-order valence-corrected chi connectivity index (χ3v) is 4.09. The van der Waals surface area contributed by atoms with Gasteiger partial charge < -0.3 is 9.64 Å². The van der Waals surface area contributed by atoms with E-state index in [1.807, 2.05) is 38.1 Å². The molecule has 0 saturated carbocycles. The monoisotopic (exact) mass is 301 g/mol. The lowest BCUT2D eigenvalue weighted by Gasteiger charge is -2.24. The van der Waals surface area contributed by atoms with Gasteiger partial charge in [0.2, 0.25) is 0 Å². The number of H-pyrrole nitrogens is 1. The van der Waals surface area contributed by atoms with E-state index < -0.39 is 6.10 Å². The normalized spacial score (nSPS) is 21.0. The summed E-state index contributed by atoms with van der Waals surface area (Å²) in [5, 5.41) is 13.9. The summed E-state index contributed by atoms with van der Waals surface area (Å²) in [7, 11) is 1.78. The first-order chi connectivity index (χ1) is 10.6. The summed E-state index contributed by atoms with van der Waals surface area (Å²) in [6, 6.07) is 7.80. The number of nitrogens with one attached hydrogen (secondary N) is 1. The number of hydrogen-bond donors (Lipinski definition) is 1. The van der Waals surface area contributed by atoms with E-state index in [2.05, 4.69) is 20.6 Å². The summed E-state index contributed by atoms with van der Waals surface area (Å²) in [6.45, 7) is 4.49. The Morgan fingerprint density at radius 1 is 1.45 bits per heavy atom. The number of fused-ring (bicyclic) bond motifs is 1. The van der Waals surface area contributed by atoms with Crippen LogP contribution in [0.15, 0.2) is 24.3 Å². The molecule has 1 amide bonds. The van der Waals surface area contributed by atoms with Crippen LogP contribution in [0.4, 0.5) is 0 Å². The molecule has 0 spiro atoms. The number of benzene rings is 1. The molecule has 2 aromatic rings. The van der Waals surface area contributed by atoms with Crippen molar-refractivity contribution in [2.45, 2.75) is 31.8 Å². The largest absolute Gasteiger partial charge is 0.480 e. The Balaban J connectivity index is 1.67. The number of hydrogen-bond acceptors (Lipinski definition) is 5. The number of carbonyl (C=O) groups excluding carboxylic acids is 1. The maximum absolute atomic E-state index is 12.7. The average Bonchev–Trinajstić information content (AvgIpc) is 3.15. The highest BCUT2D eigenvalue weighted by Crippen LogP contribution is 2.38. The molecular weight excluding hydrogens is 282 g/mol. The SMILES string of the molecule is C[C@H](CN(C)C(=O)[C@H]1Oc2ccccc2[C@H]1C)c1nn[nH]n1. The van der Waals surface area contributed by atoms with Crippen LogP contribution in [0.1, 0.15) is 37.1 Å². The highest BCUT2D eigenvalue weighted by atomic mass is 16.5. The van der Waals surface area contributed by atoms with Crippen LogP contribution in [0.2, 0.25) is 0 Å². The number of rotatable bonds is 4. The topological polar surface area (TPSA) is 84.0 Å². The molecule has 0 bridgehead atoms. The van der Waals surface area contributed by atoms with Gasteiger partial charge in [-0.15, -0.1) is 10.2 Å². The Labute approximate surface area is 128 Å². The van der Waals surface area contributed by atoms with E-state index in [9.17, 15) is 4.79 Å². The van der Waals surface area contributed by atoms with Crippen molar-refractivity contribution in [3.05, 3.63) is 35.7 Å². The molecule has 0 fully saturated rings. The second kappa shape index (κ2) is 5.75. The summed E-state index contributed by atoms with van der Waals surface area (Å²) in [6.07, 6.45) is -0.472. The number of likely N-dealkylation sites (N-methyl/N-ethyl adjacent to an activating group) is 1. The van der Waals surface area contributed by atoms with Crippen LogP contribution in [0.25, 0.3) is 0 Å². The minimum Gasteiger partial charge on any atom is -0.480 e. The first-order valence-corrected chi connectivity index (χ1v) is 7.32. The molecule has 0 unspecified atom stereocenters. The minimum atomic E-state index is -0.472. The summed E-state index contributed by atoms with van der Waals surface area (Å²) >= 11 is 0. The number of para-hydroxylation sites is 1. The molecule has 116 valence electrons. The van der Waals surface area contributed by atoms with Gasteiger partial charge in [-0.05, 0) is 6.07 Å². The highest BCUT2D eigenvalue weighted by molar-refractivity contribution is 5.83. The summed E-state index contributed by atoms with van der Waals surface area (Å²) in [4.78, 5) is 14.3. The fourth-order valence-electron chi connectivity index (χ4n) is 2.81. The molecule has 1 aromatic heterocycles. The molecule has 7 nitrogen and oxygen atoms in total. The lowest BCUT2D eigenvalue weighted by Crippen LogP contribution is -2.41. The molecule has 2 heterocycles. The van der Waals surface area contributed by atoms with Crippen LogP contribution < -0.4 is 4.74 Å². The van der Waals surface area contributed by atoms with Crippen LogP contribution in [-0.2, 0) is 4.79 Å². The molecule has 1 aliphatic rings. The van der Waals surface area contributed by atoms with Crippen molar-refractivity contribution in [2.24, 2.45) is 0 Å². The van der Waals surface area contributed by atoms with Crippen molar-refractivity contribution in [1.29, 1.82) is 0 Å². The average molecular weight is 301 g/mol. The maximum atomic E-state index is 12.7. The van der Waals surface area contributed by atoms with Crippen molar-refractivity contribution in [3.8, 4) is 5.75 Å². The number of nitrogens with zero attached hydrogens (tertiary/aromatic N) is 4. The van der Waals surface area contributed by atoms with Gasteiger partial charge in [-0.1, -0.05) is 37.3 Å². The van der Waals surface area contributed by atoms with Crippen molar-refractivity contribution >= 4 is 5.91 Å². The number of amides is 1. The Morgan fingerprint density at radius 3 is 2.91 bits per heavy atom. The Morgan fingerprint density at radius 2 is 2.23 bits per heavy atom. The molecule has 0 radical (unpaired) electrons. The molecule has 7 heteroatoms. The first-order valence-electron chi connectivity index (χ1n) is 7.32. The molecule has 3 atom stereocenters. The van der Waals surface area contributed by atoms with Crippen molar-refractivity contribution in [3.63, 3.8) is 0 Å². The third kappa shape index (κ3) is 2.54. The number of aromatic nitrogens is 4. The molecule has 22 heavy (non-hydrogen) atoms. The van der Waals surface area contributed by atoms with Crippen LogP contribution >= 0.6 is 0 Å². The van der Waals surface area contributed by atoms with Gasteiger partial charge in [0.1, 0.15) is 5.75 Å². The predicted molar refractivity (Wildman–Crippen MR) is 79.5 cm³/mol. The summed E-state index contributed by atoms with van der Waals surface area (Å²) in [5.41, 5.74) is 1.08. The summed E-state index contributed by atoms with van der Waals surface area (Å²) in [5.74, 6) is 1.42. The van der Waals surface area contributed by atoms with Crippen LogP contribution in [0.5, 0.6) is 5.75 Å². The predicted octanol–water partition coefficient (Wildman–Crippen LogP) is 1.33. The molecular formula is C15H19N5O2. The Kier molecular flexibility index (Phi) is 3.79. The third-order valence-electron chi connectivity index (χ3n) is 4.09. The van der Waals surface area contributed by atoms with E-state index in [-0.39, 0.29) is 17.7 Å². The zero-order valence-corrected chi connectivity index (χ0v) is 12.9. The Bertz CT molecular complexity index is 658. The van der Waals surface area contributed by atoms with E-state index in [1.54, 1.807) is 11.9 Å². The van der Waals surface area contributed by atoms with Gasteiger partial charge in [0.25, 0.3) is 5.91 Å². The van der Waals surface area contributed by atoms with E-state index >= 15 is 0 Å². The lowest BCUT2D eigenvalue weighted by atomic mass is 9.96. The maximum Gasteiger partial charge on any atom is 0.264 e. The van der Waals surface area contributed by atoms with Gasteiger partial charge >= 0.3 is 0 Å². The molecule has 1 N–H and O–H groups in total. The highest BCUT2D eigenvalue weighted by Gasteiger charge is 2.37. The second-order valence-corrected chi connectivity index (χ2v) is 5.75. The lowest BCUT2D eigenvalue weighted by molar-refractivity contribution is -0.137. The number of ether oxygens (including phenoxy) is 1. The van der Waals surface area contributed by atoms with E-state index in [1.165, 1.54) is 0 Å². The first kappa shape index (κ1) is 14.5. The van der Waals surface area contributed by atoms with Gasteiger partial charge in [-0.3, -0.25) is 4.79 Å². The number of carbonyl (C=O) groups is 1. The van der Waals surface area contributed by atoms with Crippen LogP contribution in [0.3, 0.4) is 0 Å². The molecule has 1 aliphatic heterocycles. The molecule has 0 saturated heterocycles.